The van der Waals surface area contributed by atoms with E-state index in [9.17, 15) is 18.4 Å². The lowest BCUT2D eigenvalue weighted by molar-refractivity contribution is -0.158. The van der Waals surface area contributed by atoms with Crippen molar-refractivity contribution >= 4 is 11.2 Å². The Kier molecular flexibility index (Phi) is 5.86. The highest BCUT2D eigenvalue weighted by atomic mass is 19.3. The molecule has 0 saturated carbocycles. The average molecular weight is 472 g/mol. The number of nitrogens with zero attached hydrogens (tertiary/aromatic N) is 4. The van der Waals surface area contributed by atoms with Gasteiger partial charge in [-0.25, -0.2) is 4.79 Å². The summed E-state index contributed by atoms with van der Waals surface area (Å²) in [6, 6.07) is 12.9. The Balaban J connectivity index is 1.86. The lowest BCUT2D eigenvalue weighted by Gasteiger charge is -2.14. The summed E-state index contributed by atoms with van der Waals surface area (Å²) in [7, 11) is 4.41. The Morgan fingerprint density at radius 3 is 2.35 bits per heavy atom. The van der Waals surface area contributed by atoms with Crippen LogP contribution in [0.25, 0.3) is 11.2 Å². The molecule has 0 aliphatic carbocycles. The minimum Gasteiger partial charge on any atom is -0.497 e. The molecule has 4 aromatic rings. The molecule has 0 saturated heterocycles. The summed E-state index contributed by atoms with van der Waals surface area (Å²) in [5.74, 6) is 0.671. The molecular weight excluding hydrogens is 450 g/mol. The Morgan fingerprint density at radius 2 is 1.65 bits per heavy atom. The third-order valence-electron chi connectivity index (χ3n) is 5.10. The minimum atomic E-state index is -3.37. The van der Waals surface area contributed by atoms with Crippen molar-refractivity contribution in [3.8, 4) is 23.3 Å². The van der Waals surface area contributed by atoms with Crippen molar-refractivity contribution in [1.29, 1.82) is 0 Å². The van der Waals surface area contributed by atoms with Gasteiger partial charge in [-0.05, 0) is 29.8 Å². The maximum atomic E-state index is 13.3. The van der Waals surface area contributed by atoms with Gasteiger partial charge in [-0.15, -0.1) is 0 Å². The first kappa shape index (κ1) is 23.0. The van der Waals surface area contributed by atoms with Gasteiger partial charge < -0.3 is 14.2 Å². The molecule has 0 unspecified atom stereocenters. The zero-order valence-corrected chi connectivity index (χ0v) is 18.9. The topological polar surface area (TPSA) is 89.5 Å². The predicted molar refractivity (Wildman–Crippen MR) is 120 cm³/mol. The summed E-state index contributed by atoms with van der Waals surface area (Å²) >= 11 is 0. The fourth-order valence-corrected chi connectivity index (χ4v) is 3.52. The van der Waals surface area contributed by atoms with Gasteiger partial charge in [0.2, 0.25) is 0 Å². The molecule has 2 aromatic heterocycles. The SMILES string of the molecule is COc1cccc(Cn2c(Oc3cccc(OC(C)(F)F)c3)nc3c2c(=O)n(C)c(=O)n3C)c1. The van der Waals surface area contributed by atoms with Crippen molar-refractivity contribution in [2.24, 2.45) is 14.1 Å². The van der Waals surface area contributed by atoms with E-state index in [1.165, 1.54) is 47.5 Å². The van der Waals surface area contributed by atoms with Gasteiger partial charge in [0, 0.05) is 27.1 Å². The monoisotopic (exact) mass is 472 g/mol. The molecule has 0 bridgehead atoms. The van der Waals surface area contributed by atoms with Crippen LogP contribution in [0.5, 0.6) is 23.3 Å². The van der Waals surface area contributed by atoms with E-state index < -0.39 is 17.4 Å². The Labute approximate surface area is 192 Å². The third kappa shape index (κ3) is 4.49. The first-order valence-corrected chi connectivity index (χ1v) is 10.2. The highest BCUT2D eigenvalue weighted by molar-refractivity contribution is 5.72. The van der Waals surface area contributed by atoms with Crippen molar-refractivity contribution < 1.29 is 23.0 Å². The first-order valence-electron chi connectivity index (χ1n) is 10.2. The molecular formula is C23H22F2N4O5. The van der Waals surface area contributed by atoms with Crippen LogP contribution in [0.2, 0.25) is 0 Å². The van der Waals surface area contributed by atoms with Crippen molar-refractivity contribution in [2.45, 2.75) is 19.6 Å². The summed E-state index contributed by atoms with van der Waals surface area (Å²) in [6.45, 7) is 0.796. The van der Waals surface area contributed by atoms with Crippen LogP contribution in [0.3, 0.4) is 0 Å². The van der Waals surface area contributed by atoms with Gasteiger partial charge in [0.1, 0.15) is 17.2 Å². The van der Waals surface area contributed by atoms with Gasteiger partial charge in [-0.1, -0.05) is 18.2 Å². The van der Waals surface area contributed by atoms with Gasteiger partial charge in [0.05, 0.1) is 13.7 Å². The zero-order valence-electron chi connectivity index (χ0n) is 18.9. The highest BCUT2D eigenvalue weighted by Crippen LogP contribution is 2.30. The Bertz CT molecular complexity index is 1480. The lowest BCUT2D eigenvalue weighted by atomic mass is 10.2. The van der Waals surface area contributed by atoms with Crippen LogP contribution in [0.1, 0.15) is 12.5 Å². The molecule has 0 fully saturated rings. The van der Waals surface area contributed by atoms with Crippen molar-refractivity contribution in [2.75, 3.05) is 7.11 Å². The Morgan fingerprint density at radius 1 is 0.971 bits per heavy atom. The Hall–Kier alpha value is -4.15. The van der Waals surface area contributed by atoms with Gasteiger partial charge >= 0.3 is 17.8 Å². The fraction of sp³-hybridized carbons (Fsp3) is 0.261. The largest absolute Gasteiger partial charge is 0.497 e. The molecule has 0 amide bonds. The normalized spacial score (nSPS) is 11.6. The quantitative estimate of drug-likeness (QED) is 0.410. The van der Waals surface area contributed by atoms with Crippen LogP contribution in [0, 0.1) is 0 Å². The van der Waals surface area contributed by atoms with Gasteiger partial charge in [0.15, 0.2) is 11.2 Å². The van der Waals surface area contributed by atoms with E-state index in [0.717, 1.165) is 10.1 Å². The smallest absolute Gasteiger partial charge is 0.394 e. The van der Waals surface area contributed by atoms with E-state index in [1.807, 2.05) is 6.07 Å². The number of methoxy groups -OCH3 is 1. The van der Waals surface area contributed by atoms with Crippen LogP contribution in [-0.4, -0.2) is 31.9 Å². The summed E-state index contributed by atoms with van der Waals surface area (Å²) in [4.78, 5) is 29.8. The number of ether oxygens (including phenoxy) is 3. The van der Waals surface area contributed by atoms with E-state index in [2.05, 4.69) is 9.72 Å². The minimum absolute atomic E-state index is 0.00321. The fourth-order valence-electron chi connectivity index (χ4n) is 3.52. The second-order valence-corrected chi connectivity index (χ2v) is 7.70. The van der Waals surface area contributed by atoms with Gasteiger partial charge in [-0.3, -0.25) is 18.5 Å². The summed E-state index contributed by atoms with van der Waals surface area (Å²) < 4.78 is 46.1. The van der Waals surface area contributed by atoms with Crippen LogP contribution < -0.4 is 25.5 Å². The predicted octanol–water partition coefficient (Wildman–Crippen LogP) is 3.27. The standard InChI is InChI=1S/C23H22F2N4O5/c1-23(24,25)34-17-10-6-9-16(12-17)33-21-26-19-18(20(30)28(3)22(31)27(19)2)29(21)13-14-7-5-8-15(11-14)32-4/h5-12H,13H2,1-4H3. The average Bonchev–Trinajstić information content (AvgIpc) is 3.13. The second-order valence-electron chi connectivity index (χ2n) is 7.70. The number of benzene rings is 2. The van der Waals surface area contributed by atoms with E-state index >= 15 is 0 Å². The highest BCUT2D eigenvalue weighted by Gasteiger charge is 2.24. The van der Waals surface area contributed by atoms with Gasteiger partial charge in [0.25, 0.3) is 5.56 Å². The van der Waals surface area contributed by atoms with Crippen LogP contribution in [0.15, 0.2) is 58.1 Å². The zero-order chi connectivity index (χ0) is 24.6. The maximum absolute atomic E-state index is 13.3. The second kappa shape index (κ2) is 8.65. The molecule has 0 spiro atoms. The number of fused-ring (bicyclic) bond motifs is 1. The molecule has 178 valence electrons. The molecule has 34 heavy (non-hydrogen) atoms. The van der Waals surface area contributed by atoms with E-state index in [0.29, 0.717) is 12.7 Å². The number of alkyl halides is 2. The molecule has 0 aliphatic rings. The molecule has 4 rings (SSSR count). The molecule has 0 radical (unpaired) electrons. The van der Waals surface area contributed by atoms with Gasteiger partial charge in [-0.2, -0.15) is 13.8 Å². The van der Waals surface area contributed by atoms with Crippen LogP contribution in [-0.2, 0) is 20.6 Å². The van der Waals surface area contributed by atoms with Crippen molar-refractivity contribution in [1.82, 2.24) is 18.7 Å². The maximum Gasteiger partial charge on any atom is 0.394 e. The summed E-state index contributed by atoms with van der Waals surface area (Å²) in [5, 5.41) is 0. The molecule has 0 aliphatic heterocycles. The third-order valence-corrected chi connectivity index (χ3v) is 5.10. The summed E-state index contributed by atoms with van der Waals surface area (Å²) in [6.07, 6.45) is -3.37. The first-order chi connectivity index (χ1) is 16.1. The number of hydrogen-bond acceptors (Lipinski definition) is 6. The molecule has 0 N–H and O–H groups in total. The number of aromatic nitrogens is 4. The number of halogens is 2. The number of hydrogen-bond donors (Lipinski definition) is 0. The van der Waals surface area contributed by atoms with Crippen LogP contribution >= 0.6 is 0 Å². The lowest BCUT2D eigenvalue weighted by Crippen LogP contribution is -2.37. The molecule has 9 nitrogen and oxygen atoms in total. The number of imidazole rings is 1. The van der Waals surface area contributed by atoms with E-state index in [-0.39, 0.29) is 35.2 Å². The van der Waals surface area contributed by atoms with E-state index in [4.69, 9.17) is 9.47 Å². The van der Waals surface area contributed by atoms with E-state index in [1.54, 1.807) is 25.3 Å². The molecule has 0 atom stereocenters. The number of aryl methyl sites for hydroxylation is 1. The number of rotatable bonds is 7. The summed E-state index contributed by atoms with van der Waals surface area (Å²) in [5.41, 5.74) is -0.0442. The molecule has 2 heterocycles. The van der Waals surface area contributed by atoms with Crippen molar-refractivity contribution in [3.63, 3.8) is 0 Å². The van der Waals surface area contributed by atoms with Crippen molar-refractivity contribution in [3.05, 3.63) is 74.9 Å². The molecule has 11 heteroatoms. The van der Waals surface area contributed by atoms with Crippen LogP contribution in [0.4, 0.5) is 8.78 Å². The molecule has 2 aromatic carbocycles.